The lowest BCUT2D eigenvalue weighted by atomic mass is 9.99. The van der Waals surface area contributed by atoms with Crippen LogP contribution in [0.1, 0.15) is 40.8 Å². The number of benzene rings is 1. The summed E-state index contributed by atoms with van der Waals surface area (Å²) in [5, 5.41) is 3.48. The molecule has 0 bridgehead atoms. The summed E-state index contributed by atoms with van der Waals surface area (Å²) in [6.45, 7) is 4.27. The smallest absolute Gasteiger partial charge is 0.0605 e. The topological polar surface area (TPSA) is 24.9 Å². The summed E-state index contributed by atoms with van der Waals surface area (Å²) in [5.41, 5.74) is 5.20. The Labute approximate surface area is 121 Å². The third-order valence-electron chi connectivity index (χ3n) is 4.36. The van der Waals surface area contributed by atoms with Gasteiger partial charge < -0.3 is 5.32 Å². The average molecular weight is 266 g/mol. The second-order valence-electron chi connectivity index (χ2n) is 5.90. The molecule has 0 saturated heterocycles. The minimum Gasteiger partial charge on any atom is -0.311 e. The van der Waals surface area contributed by atoms with Crippen LogP contribution in [-0.2, 0) is 0 Å². The zero-order valence-corrected chi connectivity index (χ0v) is 12.4. The van der Waals surface area contributed by atoms with Crippen LogP contribution in [-0.4, -0.2) is 12.0 Å². The summed E-state index contributed by atoms with van der Waals surface area (Å²) in [7, 11) is 2.05. The first-order valence-electron chi connectivity index (χ1n) is 7.36. The molecule has 2 heteroatoms. The maximum Gasteiger partial charge on any atom is 0.0605 e. The molecule has 1 aromatic carbocycles. The van der Waals surface area contributed by atoms with Crippen molar-refractivity contribution in [3.8, 4) is 0 Å². The molecule has 2 aromatic rings. The average Bonchev–Trinajstić information content (AvgIpc) is 3.23. The predicted molar refractivity (Wildman–Crippen MR) is 82.8 cm³/mol. The molecule has 1 aromatic heterocycles. The number of rotatable bonds is 4. The van der Waals surface area contributed by atoms with E-state index in [4.69, 9.17) is 0 Å². The quantitative estimate of drug-likeness (QED) is 0.911. The molecule has 3 unspecified atom stereocenters. The standard InChI is InChI=1S/C18H22N2/c1-12-9-13(2)17(20-11-12)18(19-3)16-10-15(16)14-7-5-4-6-8-14/h4-9,11,15-16,18-19H,10H2,1-3H3. The maximum absolute atomic E-state index is 4.68. The highest BCUT2D eigenvalue weighted by atomic mass is 14.9. The molecule has 2 nitrogen and oxygen atoms in total. The van der Waals surface area contributed by atoms with Gasteiger partial charge in [-0.15, -0.1) is 0 Å². The van der Waals surface area contributed by atoms with E-state index < -0.39 is 0 Å². The Kier molecular flexibility index (Phi) is 3.58. The zero-order chi connectivity index (χ0) is 14.1. The Balaban J connectivity index is 1.82. The summed E-state index contributed by atoms with van der Waals surface area (Å²) in [5.74, 6) is 1.34. The molecule has 0 spiro atoms. The summed E-state index contributed by atoms with van der Waals surface area (Å²) < 4.78 is 0. The monoisotopic (exact) mass is 266 g/mol. The van der Waals surface area contributed by atoms with Crippen LogP contribution in [0.2, 0.25) is 0 Å². The van der Waals surface area contributed by atoms with Gasteiger partial charge in [0.05, 0.1) is 11.7 Å². The molecule has 3 atom stereocenters. The van der Waals surface area contributed by atoms with Crippen molar-refractivity contribution in [2.24, 2.45) is 5.92 Å². The minimum atomic E-state index is 0.362. The van der Waals surface area contributed by atoms with Crippen LogP contribution < -0.4 is 5.32 Å². The lowest BCUT2D eigenvalue weighted by Gasteiger charge is -2.18. The third-order valence-corrected chi connectivity index (χ3v) is 4.36. The van der Waals surface area contributed by atoms with Crippen molar-refractivity contribution in [1.29, 1.82) is 0 Å². The van der Waals surface area contributed by atoms with E-state index in [1.165, 1.54) is 28.8 Å². The van der Waals surface area contributed by atoms with Crippen molar-refractivity contribution >= 4 is 0 Å². The summed E-state index contributed by atoms with van der Waals surface area (Å²) in [6.07, 6.45) is 3.23. The number of nitrogens with zero attached hydrogens (tertiary/aromatic N) is 1. The minimum absolute atomic E-state index is 0.362. The van der Waals surface area contributed by atoms with Crippen LogP contribution >= 0.6 is 0 Å². The molecule has 20 heavy (non-hydrogen) atoms. The highest BCUT2D eigenvalue weighted by Gasteiger charge is 2.44. The van der Waals surface area contributed by atoms with Crippen molar-refractivity contribution in [2.75, 3.05) is 7.05 Å². The second kappa shape index (κ2) is 5.37. The molecular formula is C18H22N2. The molecular weight excluding hydrogens is 244 g/mol. The summed E-state index contributed by atoms with van der Waals surface area (Å²) in [4.78, 5) is 4.68. The zero-order valence-electron chi connectivity index (χ0n) is 12.4. The Morgan fingerprint density at radius 3 is 2.60 bits per heavy atom. The van der Waals surface area contributed by atoms with Gasteiger partial charge in [-0.05, 0) is 55.8 Å². The summed E-state index contributed by atoms with van der Waals surface area (Å²) in [6, 6.07) is 13.4. The van der Waals surface area contributed by atoms with Gasteiger partial charge in [-0.3, -0.25) is 4.98 Å². The lowest BCUT2D eigenvalue weighted by molar-refractivity contribution is 0.502. The van der Waals surface area contributed by atoms with Gasteiger partial charge in [0.25, 0.3) is 0 Å². The first kappa shape index (κ1) is 13.3. The van der Waals surface area contributed by atoms with Crippen LogP contribution in [0.15, 0.2) is 42.6 Å². The number of aromatic nitrogens is 1. The molecule has 0 radical (unpaired) electrons. The van der Waals surface area contributed by atoms with Gasteiger partial charge in [-0.1, -0.05) is 36.4 Å². The van der Waals surface area contributed by atoms with Crippen LogP contribution in [0.3, 0.4) is 0 Å². The Bertz CT molecular complexity index is 592. The number of hydrogen-bond donors (Lipinski definition) is 1. The van der Waals surface area contributed by atoms with E-state index in [0.717, 1.165) is 0 Å². The van der Waals surface area contributed by atoms with Crippen molar-refractivity contribution in [3.63, 3.8) is 0 Å². The molecule has 0 aliphatic heterocycles. The summed E-state index contributed by atoms with van der Waals surface area (Å²) >= 11 is 0. The van der Waals surface area contributed by atoms with Crippen LogP contribution in [0.5, 0.6) is 0 Å². The van der Waals surface area contributed by atoms with E-state index in [-0.39, 0.29) is 0 Å². The van der Waals surface area contributed by atoms with Crippen molar-refractivity contribution in [2.45, 2.75) is 32.2 Å². The van der Waals surface area contributed by atoms with E-state index in [0.29, 0.717) is 17.9 Å². The molecule has 104 valence electrons. The van der Waals surface area contributed by atoms with Crippen molar-refractivity contribution in [3.05, 3.63) is 65.0 Å². The van der Waals surface area contributed by atoms with Crippen LogP contribution in [0, 0.1) is 19.8 Å². The number of pyridine rings is 1. The van der Waals surface area contributed by atoms with Gasteiger partial charge in [0.15, 0.2) is 0 Å². The molecule has 1 aliphatic rings. The number of nitrogens with one attached hydrogen (secondary N) is 1. The highest BCUT2D eigenvalue weighted by Crippen LogP contribution is 2.53. The largest absolute Gasteiger partial charge is 0.311 e. The van der Waals surface area contributed by atoms with Crippen molar-refractivity contribution in [1.82, 2.24) is 10.3 Å². The Hall–Kier alpha value is -1.67. The molecule has 0 amide bonds. The van der Waals surface area contributed by atoms with Gasteiger partial charge in [0, 0.05) is 6.20 Å². The molecule has 1 saturated carbocycles. The molecule has 3 rings (SSSR count). The lowest BCUT2D eigenvalue weighted by Crippen LogP contribution is -2.21. The maximum atomic E-state index is 4.68. The fourth-order valence-electron chi connectivity index (χ4n) is 3.27. The van der Waals surface area contributed by atoms with E-state index >= 15 is 0 Å². The molecule has 1 aliphatic carbocycles. The van der Waals surface area contributed by atoms with E-state index in [2.05, 4.69) is 60.5 Å². The SMILES string of the molecule is CNC(c1ncc(C)cc1C)C1CC1c1ccccc1. The van der Waals surface area contributed by atoms with E-state index in [1.54, 1.807) is 0 Å². The van der Waals surface area contributed by atoms with Gasteiger partial charge in [-0.25, -0.2) is 0 Å². The number of hydrogen-bond acceptors (Lipinski definition) is 2. The fraction of sp³-hybridized carbons (Fsp3) is 0.389. The van der Waals surface area contributed by atoms with Gasteiger partial charge in [0.1, 0.15) is 0 Å². The molecule has 1 N–H and O–H groups in total. The Morgan fingerprint density at radius 2 is 1.95 bits per heavy atom. The van der Waals surface area contributed by atoms with E-state index in [1.807, 2.05) is 13.2 Å². The van der Waals surface area contributed by atoms with Gasteiger partial charge in [0.2, 0.25) is 0 Å². The highest BCUT2D eigenvalue weighted by molar-refractivity contribution is 5.32. The normalized spacial score (nSPS) is 22.6. The van der Waals surface area contributed by atoms with Crippen LogP contribution in [0.4, 0.5) is 0 Å². The number of aryl methyl sites for hydroxylation is 2. The first-order valence-corrected chi connectivity index (χ1v) is 7.36. The first-order chi connectivity index (χ1) is 9.70. The molecule has 1 heterocycles. The second-order valence-corrected chi connectivity index (χ2v) is 5.90. The van der Waals surface area contributed by atoms with Crippen LogP contribution in [0.25, 0.3) is 0 Å². The van der Waals surface area contributed by atoms with E-state index in [9.17, 15) is 0 Å². The predicted octanol–water partition coefficient (Wildman–Crippen LogP) is 3.76. The van der Waals surface area contributed by atoms with Gasteiger partial charge in [-0.2, -0.15) is 0 Å². The van der Waals surface area contributed by atoms with Crippen molar-refractivity contribution < 1.29 is 0 Å². The fourth-order valence-corrected chi connectivity index (χ4v) is 3.27. The van der Waals surface area contributed by atoms with Gasteiger partial charge >= 0.3 is 0 Å². The Morgan fingerprint density at radius 1 is 1.20 bits per heavy atom. The molecule has 1 fully saturated rings. The third kappa shape index (κ3) is 2.48.